The summed E-state index contributed by atoms with van der Waals surface area (Å²) in [5.74, 6) is -1.45. The third-order valence-corrected chi connectivity index (χ3v) is 13.2. The molecule has 0 aromatic rings. The number of unbranched alkanes of at least 4 members (excludes halogenated alkanes) is 21. The Morgan fingerprint density at radius 1 is 0.471 bits per heavy atom. The van der Waals surface area contributed by atoms with Gasteiger partial charge in [-0.2, -0.15) is 0 Å². The molecule has 1 rings (SSSR count). The summed E-state index contributed by atoms with van der Waals surface area (Å²) in [5, 5.41) is 0. The molecule has 0 N–H and O–H groups in total. The molecular formula is C59H103NO8. The van der Waals surface area contributed by atoms with Gasteiger partial charge in [0.05, 0.1) is 0 Å². The number of hydrogen-bond donors (Lipinski definition) is 0. The maximum absolute atomic E-state index is 14.1. The van der Waals surface area contributed by atoms with Gasteiger partial charge < -0.3 is 23.8 Å². The molecule has 0 aromatic heterocycles. The summed E-state index contributed by atoms with van der Waals surface area (Å²) in [6.07, 6.45) is 50.6. The second kappa shape index (κ2) is 45.0. The third-order valence-electron chi connectivity index (χ3n) is 13.2. The van der Waals surface area contributed by atoms with Crippen LogP contribution in [0.5, 0.6) is 0 Å². The fraction of sp³-hybridized carbons (Fsp3) is 0.797. The fourth-order valence-corrected chi connectivity index (χ4v) is 8.28. The van der Waals surface area contributed by atoms with Gasteiger partial charge in [-0.3, -0.25) is 19.2 Å². The molecule has 1 atom stereocenters. The zero-order valence-electron chi connectivity index (χ0n) is 44.6. The van der Waals surface area contributed by atoms with Gasteiger partial charge in [-0.25, -0.2) is 0 Å². The summed E-state index contributed by atoms with van der Waals surface area (Å²) < 4.78 is 23.5. The Hall–Kier alpha value is -3.20. The number of ether oxygens (including phenoxy) is 4. The van der Waals surface area contributed by atoms with Gasteiger partial charge in [-0.1, -0.05) is 173 Å². The van der Waals surface area contributed by atoms with Crippen LogP contribution in [0.15, 0.2) is 48.6 Å². The first-order valence-corrected chi connectivity index (χ1v) is 28.2. The Bertz CT molecular complexity index is 1300. The van der Waals surface area contributed by atoms with Crippen LogP contribution in [-0.4, -0.2) is 74.3 Å². The number of esters is 4. The van der Waals surface area contributed by atoms with Crippen LogP contribution < -0.4 is 0 Å². The molecule has 392 valence electrons. The number of carbonyl (C=O) groups is 4. The van der Waals surface area contributed by atoms with E-state index in [2.05, 4.69) is 81.2 Å². The van der Waals surface area contributed by atoms with Crippen LogP contribution in [0.25, 0.3) is 0 Å². The SMILES string of the molecule is CCCCC/C=C\C/C=C\CCCCCCCC(=O)OCC(COC(=O)CCCCCCC/C=C\C/C=C\CCCCC)OC(=O)C1(C(CCCCCCCC)OC(=O)CCCN(C)CC)CC1. The molecule has 0 bridgehead atoms. The largest absolute Gasteiger partial charge is 0.462 e. The number of allylic oxidation sites excluding steroid dienone is 8. The highest BCUT2D eigenvalue weighted by atomic mass is 16.6. The predicted octanol–water partition coefficient (Wildman–Crippen LogP) is 15.8. The van der Waals surface area contributed by atoms with Crippen molar-refractivity contribution in [1.82, 2.24) is 4.90 Å². The molecule has 1 unspecified atom stereocenters. The topological polar surface area (TPSA) is 108 Å². The van der Waals surface area contributed by atoms with Gasteiger partial charge in [0.15, 0.2) is 6.10 Å². The first-order valence-electron chi connectivity index (χ1n) is 28.2. The minimum Gasteiger partial charge on any atom is -0.462 e. The molecule has 1 saturated carbocycles. The van der Waals surface area contributed by atoms with Crippen molar-refractivity contribution in [3.05, 3.63) is 48.6 Å². The van der Waals surface area contributed by atoms with E-state index < -0.39 is 23.6 Å². The van der Waals surface area contributed by atoms with Gasteiger partial charge in [0.25, 0.3) is 0 Å². The Labute approximate surface area is 417 Å². The molecule has 1 aliphatic rings. The first-order chi connectivity index (χ1) is 33.2. The van der Waals surface area contributed by atoms with E-state index in [-0.39, 0.29) is 44.0 Å². The average molecular weight is 954 g/mol. The lowest BCUT2D eigenvalue weighted by molar-refractivity contribution is -0.178. The van der Waals surface area contributed by atoms with Crippen molar-refractivity contribution in [2.75, 3.05) is 33.4 Å². The predicted molar refractivity (Wildman–Crippen MR) is 282 cm³/mol. The van der Waals surface area contributed by atoms with Crippen LogP contribution in [0.4, 0.5) is 0 Å². The van der Waals surface area contributed by atoms with Crippen molar-refractivity contribution in [2.24, 2.45) is 5.41 Å². The second-order valence-electron chi connectivity index (χ2n) is 19.5. The van der Waals surface area contributed by atoms with E-state index in [0.717, 1.165) is 122 Å². The summed E-state index contributed by atoms with van der Waals surface area (Å²) in [6.45, 7) is 10.1. The highest BCUT2D eigenvalue weighted by Crippen LogP contribution is 2.53. The zero-order valence-corrected chi connectivity index (χ0v) is 44.6. The lowest BCUT2D eigenvalue weighted by Gasteiger charge is -2.28. The first kappa shape index (κ1) is 62.8. The van der Waals surface area contributed by atoms with Crippen molar-refractivity contribution >= 4 is 23.9 Å². The van der Waals surface area contributed by atoms with Crippen LogP contribution in [0.3, 0.4) is 0 Å². The van der Waals surface area contributed by atoms with Gasteiger partial charge in [-0.05, 0) is 129 Å². The number of hydrogen-bond acceptors (Lipinski definition) is 9. The normalized spacial score (nSPS) is 14.0. The highest BCUT2D eigenvalue weighted by Gasteiger charge is 2.59. The molecule has 1 fully saturated rings. The molecule has 9 nitrogen and oxygen atoms in total. The Kier molecular flexibility index (Phi) is 41.5. The van der Waals surface area contributed by atoms with Gasteiger partial charge in [0, 0.05) is 19.3 Å². The molecule has 0 saturated heterocycles. The number of rotatable bonds is 48. The van der Waals surface area contributed by atoms with Gasteiger partial charge in [-0.15, -0.1) is 0 Å². The molecular weight excluding hydrogens is 851 g/mol. The van der Waals surface area contributed by atoms with E-state index in [0.29, 0.717) is 32.1 Å². The molecule has 0 amide bonds. The van der Waals surface area contributed by atoms with Gasteiger partial charge in [0.1, 0.15) is 24.7 Å². The van der Waals surface area contributed by atoms with Crippen LogP contribution in [0.1, 0.15) is 252 Å². The Balaban J connectivity index is 2.72. The van der Waals surface area contributed by atoms with Crippen LogP contribution in [-0.2, 0) is 38.1 Å². The fourth-order valence-electron chi connectivity index (χ4n) is 8.28. The molecule has 0 spiro atoms. The third kappa shape index (κ3) is 35.8. The molecule has 0 aromatic carbocycles. The van der Waals surface area contributed by atoms with E-state index in [1.165, 1.54) is 70.6 Å². The quantitative estimate of drug-likeness (QED) is 0.0255. The number of carbonyl (C=O) groups excluding carboxylic acids is 4. The summed E-state index contributed by atoms with van der Waals surface area (Å²) in [7, 11) is 2.03. The molecule has 0 aliphatic heterocycles. The van der Waals surface area contributed by atoms with E-state index in [1.54, 1.807) is 0 Å². The molecule has 9 heteroatoms. The minimum atomic E-state index is -0.947. The molecule has 1 aliphatic carbocycles. The molecule has 68 heavy (non-hydrogen) atoms. The highest BCUT2D eigenvalue weighted by molar-refractivity contribution is 5.82. The summed E-state index contributed by atoms with van der Waals surface area (Å²) in [5.41, 5.74) is -0.937. The molecule has 0 heterocycles. The Morgan fingerprint density at radius 3 is 1.32 bits per heavy atom. The zero-order chi connectivity index (χ0) is 49.6. The summed E-state index contributed by atoms with van der Waals surface area (Å²) in [6, 6.07) is 0. The minimum absolute atomic E-state index is 0.190. The number of nitrogens with zero attached hydrogens (tertiary/aromatic N) is 1. The van der Waals surface area contributed by atoms with Gasteiger partial charge >= 0.3 is 23.9 Å². The van der Waals surface area contributed by atoms with E-state index in [1.807, 2.05) is 7.05 Å². The van der Waals surface area contributed by atoms with Crippen molar-refractivity contribution in [1.29, 1.82) is 0 Å². The maximum atomic E-state index is 14.1. The monoisotopic (exact) mass is 954 g/mol. The average Bonchev–Trinajstić information content (AvgIpc) is 4.15. The van der Waals surface area contributed by atoms with Crippen molar-refractivity contribution in [3.8, 4) is 0 Å². The van der Waals surface area contributed by atoms with Gasteiger partial charge in [0.2, 0.25) is 0 Å². The van der Waals surface area contributed by atoms with Crippen LogP contribution in [0, 0.1) is 5.41 Å². The van der Waals surface area contributed by atoms with Crippen molar-refractivity contribution in [2.45, 2.75) is 265 Å². The lowest BCUT2D eigenvalue weighted by atomic mass is 9.93. The summed E-state index contributed by atoms with van der Waals surface area (Å²) >= 11 is 0. The Morgan fingerprint density at radius 2 is 0.868 bits per heavy atom. The van der Waals surface area contributed by atoms with E-state index in [9.17, 15) is 19.2 Å². The lowest BCUT2D eigenvalue weighted by Crippen LogP contribution is -2.40. The van der Waals surface area contributed by atoms with Crippen LogP contribution >= 0.6 is 0 Å². The smallest absolute Gasteiger partial charge is 0.316 e. The maximum Gasteiger partial charge on any atom is 0.316 e. The van der Waals surface area contributed by atoms with E-state index in [4.69, 9.17) is 18.9 Å². The van der Waals surface area contributed by atoms with Crippen molar-refractivity contribution < 1.29 is 38.1 Å². The van der Waals surface area contributed by atoms with Crippen LogP contribution in [0.2, 0.25) is 0 Å². The van der Waals surface area contributed by atoms with E-state index >= 15 is 0 Å². The second-order valence-corrected chi connectivity index (χ2v) is 19.5. The van der Waals surface area contributed by atoms with Crippen molar-refractivity contribution in [3.63, 3.8) is 0 Å². The molecule has 0 radical (unpaired) electrons. The summed E-state index contributed by atoms with van der Waals surface area (Å²) in [4.78, 5) is 55.3. The standard InChI is InChI=1S/C59H103NO8/c1-6-10-13-16-19-21-23-25-27-29-31-33-35-38-41-45-55(61)65-51-53(52-66-56(62)46-42-39-36-34-32-30-28-26-24-22-20-17-14-11-7-2)67-58(64)59(48-49-59)54(44-40-37-18-15-12-8-3)68-57(63)47-43-50-60(5)9-4/h19-22,25-28,53-54H,6-18,23-24,29-52H2,1-5H3/b21-19-,22-20-,27-25-,28-26-.